The Kier molecular flexibility index (Phi) is 2.73. The van der Waals surface area contributed by atoms with Gasteiger partial charge in [0.15, 0.2) is 5.82 Å². The Labute approximate surface area is 96.3 Å². The van der Waals surface area contributed by atoms with Gasteiger partial charge in [-0.25, -0.2) is 0 Å². The number of nitrogens with zero attached hydrogens (tertiary/aromatic N) is 6. The van der Waals surface area contributed by atoms with E-state index in [9.17, 15) is 10.1 Å². The normalized spacial score (nSPS) is 10.5. The van der Waals surface area contributed by atoms with Crippen LogP contribution in [0.3, 0.4) is 0 Å². The van der Waals surface area contributed by atoms with Gasteiger partial charge in [-0.1, -0.05) is 0 Å². The molecule has 2 aromatic rings. The molecule has 0 spiro atoms. The molecule has 2 rings (SSSR count). The van der Waals surface area contributed by atoms with Crippen LogP contribution >= 0.6 is 0 Å². The van der Waals surface area contributed by atoms with Crippen LogP contribution in [0.1, 0.15) is 5.82 Å². The predicted octanol–water partition coefficient (Wildman–Crippen LogP) is 0.0689. The molecule has 0 atom stereocenters. The second-order valence-corrected chi connectivity index (χ2v) is 3.50. The van der Waals surface area contributed by atoms with Crippen molar-refractivity contribution >= 4 is 11.6 Å². The van der Waals surface area contributed by atoms with E-state index in [1.165, 1.54) is 6.33 Å². The Hall–Kier alpha value is -2.45. The number of nitrogens with one attached hydrogen (secondary N) is 1. The molecular formula is C8H11N7O2. The SMILES string of the molecule is Cn1cnnc1CNc1c([N+](=O)[O-])ncn1C. The molecule has 2 heterocycles. The Morgan fingerprint density at radius 1 is 1.41 bits per heavy atom. The van der Waals surface area contributed by atoms with Crippen LogP contribution in [0.2, 0.25) is 0 Å². The highest BCUT2D eigenvalue weighted by atomic mass is 16.6. The van der Waals surface area contributed by atoms with Crippen LogP contribution in [-0.2, 0) is 20.6 Å². The summed E-state index contributed by atoms with van der Waals surface area (Å²) in [5.74, 6) is 0.827. The van der Waals surface area contributed by atoms with Gasteiger partial charge in [0.05, 0.1) is 6.54 Å². The van der Waals surface area contributed by atoms with Crippen molar-refractivity contribution in [1.82, 2.24) is 24.3 Å². The van der Waals surface area contributed by atoms with Gasteiger partial charge < -0.3 is 20.0 Å². The van der Waals surface area contributed by atoms with Crippen molar-refractivity contribution in [2.24, 2.45) is 14.1 Å². The summed E-state index contributed by atoms with van der Waals surface area (Å²) < 4.78 is 3.28. The molecule has 0 saturated carbocycles. The van der Waals surface area contributed by atoms with E-state index in [0.29, 0.717) is 18.2 Å². The van der Waals surface area contributed by atoms with Crippen LogP contribution in [0.15, 0.2) is 12.7 Å². The minimum atomic E-state index is -0.529. The van der Waals surface area contributed by atoms with E-state index in [-0.39, 0.29) is 5.82 Å². The molecule has 0 fully saturated rings. The summed E-state index contributed by atoms with van der Waals surface area (Å²) >= 11 is 0. The van der Waals surface area contributed by atoms with Crippen molar-refractivity contribution < 1.29 is 4.92 Å². The summed E-state index contributed by atoms with van der Waals surface area (Å²) in [6.07, 6.45) is 2.95. The van der Waals surface area contributed by atoms with Gasteiger partial charge in [0.25, 0.3) is 0 Å². The summed E-state index contributed by atoms with van der Waals surface area (Å²) in [6, 6.07) is 0. The summed E-state index contributed by atoms with van der Waals surface area (Å²) in [7, 11) is 3.48. The van der Waals surface area contributed by atoms with Crippen molar-refractivity contribution in [3.05, 3.63) is 28.6 Å². The van der Waals surface area contributed by atoms with Gasteiger partial charge >= 0.3 is 5.82 Å². The van der Waals surface area contributed by atoms with Crippen LogP contribution in [0, 0.1) is 10.1 Å². The lowest BCUT2D eigenvalue weighted by molar-refractivity contribution is -0.388. The first kappa shape index (κ1) is 11.0. The van der Waals surface area contributed by atoms with Crippen molar-refractivity contribution in [2.75, 3.05) is 5.32 Å². The van der Waals surface area contributed by atoms with Gasteiger partial charge in [0, 0.05) is 14.1 Å². The third-order valence-electron chi connectivity index (χ3n) is 2.31. The molecule has 2 aromatic heterocycles. The van der Waals surface area contributed by atoms with Crippen LogP contribution in [0.5, 0.6) is 0 Å². The van der Waals surface area contributed by atoms with Gasteiger partial charge in [0.1, 0.15) is 6.33 Å². The van der Waals surface area contributed by atoms with Gasteiger partial charge in [0.2, 0.25) is 12.1 Å². The molecule has 0 saturated heterocycles. The molecule has 0 bridgehead atoms. The fourth-order valence-corrected chi connectivity index (χ4v) is 1.39. The Morgan fingerprint density at radius 2 is 2.18 bits per heavy atom. The molecule has 0 aliphatic rings. The second kappa shape index (κ2) is 4.20. The zero-order valence-corrected chi connectivity index (χ0v) is 9.36. The van der Waals surface area contributed by atoms with Crippen molar-refractivity contribution in [2.45, 2.75) is 6.54 Å². The summed E-state index contributed by atoms with van der Waals surface area (Å²) in [5.41, 5.74) is 0. The van der Waals surface area contributed by atoms with E-state index in [2.05, 4.69) is 20.5 Å². The van der Waals surface area contributed by atoms with Gasteiger partial charge in [-0.3, -0.25) is 4.57 Å². The molecule has 0 amide bonds. The summed E-state index contributed by atoms with van der Waals surface area (Å²) in [5, 5.41) is 21.2. The van der Waals surface area contributed by atoms with Crippen molar-refractivity contribution in [1.29, 1.82) is 0 Å². The highest BCUT2D eigenvalue weighted by molar-refractivity contribution is 5.51. The molecule has 0 unspecified atom stereocenters. The number of imidazole rings is 1. The highest BCUT2D eigenvalue weighted by Gasteiger charge is 2.19. The van der Waals surface area contributed by atoms with Crippen LogP contribution < -0.4 is 5.32 Å². The number of hydrogen-bond donors (Lipinski definition) is 1. The maximum absolute atomic E-state index is 10.7. The number of rotatable bonds is 4. The van der Waals surface area contributed by atoms with E-state index in [1.807, 2.05) is 0 Å². The molecule has 9 heteroatoms. The minimum absolute atomic E-state index is 0.199. The first-order valence-corrected chi connectivity index (χ1v) is 4.82. The average Bonchev–Trinajstić information content (AvgIpc) is 2.82. The van der Waals surface area contributed by atoms with Gasteiger partial charge in [-0.15, -0.1) is 10.2 Å². The van der Waals surface area contributed by atoms with Crippen molar-refractivity contribution in [3.63, 3.8) is 0 Å². The minimum Gasteiger partial charge on any atom is -0.358 e. The predicted molar refractivity (Wildman–Crippen MR) is 58.2 cm³/mol. The van der Waals surface area contributed by atoms with Crippen LogP contribution in [0.25, 0.3) is 0 Å². The standard InChI is InChI=1S/C8H11N7O2/c1-13-5-11-12-6(13)3-9-7-8(15(16)17)10-4-14(7)2/h4-5,9H,3H2,1-2H3. The monoisotopic (exact) mass is 237 g/mol. The zero-order valence-electron chi connectivity index (χ0n) is 9.36. The zero-order chi connectivity index (χ0) is 12.4. The smallest absolute Gasteiger partial charge is 0.358 e. The molecule has 90 valence electrons. The molecule has 9 nitrogen and oxygen atoms in total. The Bertz CT molecular complexity index is 544. The topological polar surface area (TPSA) is 104 Å². The third-order valence-corrected chi connectivity index (χ3v) is 2.31. The lowest BCUT2D eigenvalue weighted by atomic mass is 10.5. The maximum atomic E-state index is 10.7. The Balaban J connectivity index is 2.16. The largest absolute Gasteiger partial charge is 0.406 e. The maximum Gasteiger partial charge on any atom is 0.406 e. The number of aryl methyl sites for hydroxylation is 2. The first-order valence-electron chi connectivity index (χ1n) is 4.82. The molecule has 0 aliphatic heterocycles. The summed E-state index contributed by atoms with van der Waals surface area (Å²) in [4.78, 5) is 13.9. The fourth-order valence-electron chi connectivity index (χ4n) is 1.39. The highest BCUT2D eigenvalue weighted by Crippen LogP contribution is 2.21. The number of aromatic nitrogens is 5. The van der Waals surface area contributed by atoms with Gasteiger partial charge in [-0.05, 0) is 9.91 Å². The number of nitro groups is 1. The second-order valence-electron chi connectivity index (χ2n) is 3.50. The van der Waals surface area contributed by atoms with E-state index in [1.54, 1.807) is 29.6 Å². The first-order chi connectivity index (χ1) is 8.09. The Morgan fingerprint density at radius 3 is 2.76 bits per heavy atom. The molecule has 0 aromatic carbocycles. The van der Waals surface area contributed by atoms with Crippen molar-refractivity contribution in [3.8, 4) is 0 Å². The summed E-state index contributed by atoms with van der Waals surface area (Å²) in [6.45, 7) is 0.344. The number of anilines is 1. The van der Waals surface area contributed by atoms with E-state index >= 15 is 0 Å². The van der Waals surface area contributed by atoms with Crippen LogP contribution in [-0.4, -0.2) is 29.2 Å². The van der Waals surface area contributed by atoms with E-state index < -0.39 is 4.92 Å². The van der Waals surface area contributed by atoms with Crippen LogP contribution in [0.4, 0.5) is 11.6 Å². The molecule has 1 N–H and O–H groups in total. The number of hydrogen-bond acceptors (Lipinski definition) is 6. The third kappa shape index (κ3) is 2.07. The van der Waals surface area contributed by atoms with Gasteiger partial charge in [-0.2, -0.15) is 0 Å². The van der Waals surface area contributed by atoms with E-state index in [4.69, 9.17) is 0 Å². The lowest BCUT2D eigenvalue weighted by Crippen LogP contribution is -2.09. The quantitative estimate of drug-likeness (QED) is 0.596. The average molecular weight is 237 g/mol. The molecule has 17 heavy (non-hydrogen) atoms. The molecule has 0 aliphatic carbocycles. The van der Waals surface area contributed by atoms with E-state index in [0.717, 1.165) is 0 Å². The molecule has 0 radical (unpaired) electrons. The molecular weight excluding hydrogens is 226 g/mol. The fraction of sp³-hybridized carbons (Fsp3) is 0.375. The lowest BCUT2D eigenvalue weighted by Gasteiger charge is -2.05.